The second kappa shape index (κ2) is 6.72. The lowest BCUT2D eigenvalue weighted by atomic mass is 10.1. The van der Waals surface area contributed by atoms with Crippen LogP contribution in [0.5, 0.6) is 0 Å². The normalized spacial score (nSPS) is 11.5. The fourth-order valence-electron chi connectivity index (χ4n) is 2.56. The zero-order valence-corrected chi connectivity index (χ0v) is 15.2. The van der Waals surface area contributed by atoms with E-state index >= 15 is 0 Å². The maximum atomic E-state index is 12.8. The van der Waals surface area contributed by atoms with Gasteiger partial charge in [-0.2, -0.15) is 0 Å². The smallest absolute Gasteiger partial charge is 0.262 e. The van der Waals surface area contributed by atoms with Crippen LogP contribution < -0.4 is 4.72 Å². The Labute approximate surface area is 147 Å². The van der Waals surface area contributed by atoms with E-state index in [9.17, 15) is 8.42 Å². The number of aromatic nitrogens is 1. The van der Waals surface area contributed by atoms with E-state index in [2.05, 4.69) is 16.8 Å². The molecule has 0 amide bonds. The van der Waals surface area contributed by atoms with Crippen molar-refractivity contribution in [1.29, 1.82) is 0 Å². The van der Waals surface area contributed by atoms with Crippen molar-refractivity contribution in [2.24, 2.45) is 0 Å². The lowest BCUT2D eigenvalue weighted by Gasteiger charge is -2.12. The fraction of sp³-hybridized carbons (Fsp3) is 0.211. The molecule has 25 heavy (non-hydrogen) atoms. The van der Waals surface area contributed by atoms with Crippen molar-refractivity contribution in [2.75, 3.05) is 4.72 Å². The fourth-order valence-corrected chi connectivity index (χ4v) is 3.89. The van der Waals surface area contributed by atoms with Crippen LogP contribution in [0.2, 0.25) is 0 Å². The minimum absolute atomic E-state index is 0.221. The van der Waals surface area contributed by atoms with E-state index < -0.39 is 10.0 Å². The predicted molar refractivity (Wildman–Crippen MR) is 98.0 cm³/mol. The summed E-state index contributed by atoms with van der Waals surface area (Å²) in [5.41, 5.74) is 3.78. The average molecular weight is 356 g/mol. The van der Waals surface area contributed by atoms with Gasteiger partial charge in [0.25, 0.3) is 10.0 Å². The molecular weight excluding hydrogens is 336 g/mol. The number of rotatable bonds is 5. The summed E-state index contributed by atoms with van der Waals surface area (Å²) in [6.45, 7) is 5.64. The lowest BCUT2D eigenvalue weighted by molar-refractivity contribution is 0.427. The van der Waals surface area contributed by atoms with Gasteiger partial charge in [-0.05, 0) is 49.6 Å². The minimum atomic E-state index is -3.70. The molecule has 1 heterocycles. The maximum absolute atomic E-state index is 12.8. The van der Waals surface area contributed by atoms with E-state index in [1.807, 2.05) is 25.1 Å². The molecule has 0 radical (unpaired) electrons. The van der Waals surface area contributed by atoms with Gasteiger partial charge in [-0.25, -0.2) is 8.42 Å². The number of nitrogens with one attached hydrogen (secondary N) is 1. The number of benzene rings is 2. The van der Waals surface area contributed by atoms with Crippen LogP contribution in [0, 0.1) is 13.8 Å². The Morgan fingerprint density at radius 1 is 1.04 bits per heavy atom. The molecule has 0 saturated carbocycles. The van der Waals surface area contributed by atoms with Crippen LogP contribution in [0.3, 0.4) is 0 Å². The second-order valence-electron chi connectivity index (χ2n) is 5.97. The first kappa shape index (κ1) is 17.2. The van der Waals surface area contributed by atoms with Gasteiger partial charge in [0.2, 0.25) is 0 Å². The third-order valence-corrected chi connectivity index (χ3v) is 5.53. The summed E-state index contributed by atoms with van der Waals surface area (Å²) in [7, 11) is -3.70. The van der Waals surface area contributed by atoms with Crippen LogP contribution in [0.25, 0.3) is 11.3 Å². The first-order valence-electron chi connectivity index (χ1n) is 8.05. The molecule has 2 aromatic carbocycles. The first-order chi connectivity index (χ1) is 11.9. The van der Waals surface area contributed by atoms with Gasteiger partial charge in [-0.1, -0.05) is 36.3 Å². The third-order valence-electron chi connectivity index (χ3n) is 4.00. The van der Waals surface area contributed by atoms with Crippen molar-refractivity contribution < 1.29 is 12.9 Å². The standard InChI is InChI=1S/C19H20N2O3S/c1-4-15-6-9-17(10-7-15)21-25(22,23)19-12-16(8-5-13(19)2)18-11-14(3)20-24-18/h5-12,21H,4H2,1-3H3. The van der Waals surface area contributed by atoms with Gasteiger partial charge < -0.3 is 4.52 Å². The van der Waals surface area contributed by atoms with Crippen LogP contribution in [-0.2, 0) is 16.4 Å². The highest BCUT2D eigenvalue weighted by Crippen LogP contribution is 2.27. The number of hydrogen-bond donors (Lipinski definition) is 1. The first-order valence-corrected chi connectivity index (χ1v) is 9.53. The third kappa shape index (κ3) is 3.74. The number of anilines is 1. The Balaban J connectivity index is 1.95. The van der Waals surface area contributed by atoms with E-state index in [4.69, 9.17) is 4.52 Å². The van der Waals surface area contributed by atoms with Crippen molar-refractivity contribution in [3.8, 4) is 11.3 Å². The molecule has 0 unspecified atom stereocenters. The van der Waals surface area contributed by atoms with Crippen LogP contribution in [-0.4, -0.2) is 13.6 Å². The highest BCUT2D eigenvalue weighted by atomic mass is 32.2. The van der Waals surface area contributed by atoms with Crippen molar-refractivity contribution in [1.82, 2.24) is 5.16 Å². The summed E-state index contributed by atoms with van der Waals surface area (Å²) < 4.78 is 33.5. The molecule has 0 aliphatic heterocycles. The van der Waals surface area contributed by atoms with Gasteiger partial charge >= 0.3 is 0 Å². The Morgan fingerprint density at radius 3 is 2.36 bits per heavy atom. The molecule has 0 spiro atoms. The molecule has 0 atom stereocenters. The van der Waals surface area contributed by atoms with Crippen LogP contribution in [0.1, 0.15) is 23.7 Å². The van der Waals surface area contributed by atoms with Gasteiger partial charge in [-0.3, -0.25) is 4.72 Å². The molecule has 0 aliphatic rings. The average Bonchev–Trinajstić information content (AvgIpc) is 3.02. The van der Waals surface area contributed by atoms with E-state index in [0.29, 0.717) is 22.6 Å². The second-order valence-corrected chi connectivity index (χ2v) is 7.62. The largest absolute Gasteiger partial charge is 0.356 e. The van der Waals surface area contributed by atoms with Gasteiger partial charge in [0.1, 0.15) is 0 Å². The van der Waals surface area contributed by atoms with Crippen LogP contribution in [0.4, 0.5) is 5.69 Å². The SMILES string of the molecule is CCc1ccc(NS(=O)(=O)c2cc(-c3cc(C)no3)ccc2C)cc1. The molecule has 130 valence electrons. The van der Waals surface area contributed by atoms with Gasteiger partial charge in [0, 0.05) is 17.3 Å². The van der Waals surface area contributed by atoms with Gasteiger partial charge in [0.05, 0.1) is 10.6 Å². The molecule has 3 aromatic rings. The zero-order chi connectivity index (χ0) is 18.0. The molecule has 6 heteroatoms. The summed E-state index contributed by atoms with van der Waals surface area (Å²) in [6.07, 6.45) is 0.908. The molecular formula is C19H20N2O3S. The summed E-state index contributed by atoms with van der Waals surface area (Å²) in [4.78, 5) is 0.221. The highest BCUT2D eigenvalue weighted by Gasteiger charge is 2.19. The van der Waals surface area contributed by atoms with Crippen molar-refractivity contribution in [3.63, 3.8) is 0 Å². The Hall–Kier alpha value is -2.60. The number of sulfonamides is 1. The zero-order valence-electron chi connectivity index (χ0n) is 14.4. The Kier molecular flexibility index (Phi) is 4.63. The van der Waals surface area contributed by atoms with Gasteiger partial charge in [-0.15, -0.1) is 0 Å². The maximum Gasteiger partial charge on any atom is 0.262 e. The van der Waals surface area contributed by atoms with E-state index in [1.165, 1.54) is 0 Å². The molecule has 0 fully saturated rings. The lowest BCUT2D eigenvalue weighted by Crippen LogP contribution is -2.14. The number of nitrogens with zero attached hydrogens (tertiary/aromatic N) is 1. The summed E-state index contributed by atoms with van der Waals surface area (Å²) >= 11 is 0. The monoisotopic (exact) mass is 356 g/mol. The van der Waals surface area contributed by atoms with Gasteiger partial charge in [0.15, 0.2) is 5.76 Å². The molecule has 0 bridgehead atoms. The van der Waals surface area contributed by atoms with E-state index in [1.54, 1.807) is 37.3 Å². The number of hydrogen-bond acceptors (Lipinski definition) is 4. The molecule has 5 nitrogen and oxygen atoms in total. The molecule has 0 saturated heterocycles. The van der Waals surface area contributed by atoms with Crippen LogP contribution >= 0.6 is 0 Å². The van der Waals surface area contributed by atoms with Crippen LogP contribution in [0.15, 0.2) is 57.9 Å². The Bertz CT molecular complexity index is 990. The summed E-state index contributed by atoms with van der Waals surface area (Å²) in [5, 5.41) is 3.85. The Morgan fingerprint density at radius 2 is 1.76 bits per heavy atom. The topological polar surface area (TPSA) is 72.2 Å². The molecule has 1 N–H and O–H groups in total. The molecule has 3 rings (SSSR count). The molecule has 1 aromatic heterocycles. The minimum Gasteiger partial charge on any atom is -0.356 e. The summed E-state index contributed by atoms with van der Waals surface area (Å²) in [5.74, 6) is 0.543. The predicted octanol–water partition coefficient (Wildman–Crippen LogP) is 4.32. The van der Waals surface area contributed by atoms with Crippen molar-refractivity contribution in [3.05, 3.63) is 65.4 Å². The van der Waals surface area contributed by atoms with Crippen molar-refractivity contribution >= 4 is 15.7 Å². The van der Waals surface area contributed by atoms with E-state index in [-0.39, 0.29) is 4.90 Å². The molecule has 0 aliphatic carbocycles. The number of aryl methyl sites for hydroxylation is 3. The highest BCUT2D eigenvalue weighted by molar-refractivity contribution is 7.92. The van der Waals surface area contributed by atoms with E-state index in [0.717, 1.165) is 17.7 Å². The summed E-state index contributed by atoms with van der Waals surface area (Å²) in [6, 6.07) is 14.4. The quantitative estimate of drug-likeness (QED) is 0.739. The van der Waals surface area contributed by atoms with Crippen molar-refractivity contribution in [2.45, 2.75) is 32.1 Å².